The van der Waals surface area contributed by atoms with E-state index < -0.39 is 0 Å². The second-order valence-corrected chi connectivity index (χ2v) is 8.03. The maximum absolute atomic E-state index is 13.4. The van der Waals surface area contributed by atoms with Gasteiger partial charge in [0.25, 0.3) is 11.8 Å². The van der Waals surface area contributed by atoms with Gasteiger partial charge < -0.3 is 10.6 Å². The van der Waals surface area contributed by atoms with Crippen LogP contribution in [0.2, 0.25) is 0 Å². The lowest BCUT2D eigenvalue weighted by atomic mass is 10.1. The van der Waals surface area contributed by atoms with E-state index in [0.29, 0.717) is 22.5 Å². The zero-order valence-corrected chi connectivity index (χ0v) is 18.8. The smallest absolute Gasteiger partial charge is 0.255 e. The maximum atomic E-state index is 13.4. The number of amides is 2. The Balaban J connectivity index is 1.34. The number of imidazole rings is 1. The van der Waals surface area contributed by atoms with Crippen molar-refractivity contribution in [1.82, 2.24) is 9.55 Å². The molecule has 0 atom stereocenters. The van der Waals surface area contributed by atoms with Gasteiger partial charge in [0.2, 0.25) is 0 Å². The van der Waals surface area contributed by atoms with Crippen LogP contribution in [0.5, 0.6) is 0 Å². The number of para-hydroxylation sites is 1. The average molecular weight is 465 g/mol. The second kappa shape index (κ2) is 9.23. The molecule has 1 heterocycles. The van der Waals surface area contributed by atoms with Crippen molar-refractivity contribution in [3.05, 3.63) is 120 Å². The number of hydrogen-bond acceptors (Lipinski definition) is 3. The molecule has 172 valence electrons. The highest BCUT2D eigenvalue weighted by Crippen LogP contribution is 2.23. The van der Waals surface area contributed by atoms with Crippen molar-refractivity contribution in [1.29, 1.82) is 0 Å². The lowest BCUT2D eigenvalue weighted by Crippen LogP contribution is -2.13. The molecule has 6 nitrogen and oxygen atoms in total. The normalized spacial score (nSPS) is 10.8. The molecule has 0 aliphatic carbocycles. The Hall–Kier alpha value is -4.78. The number of anilines is 2. The highest BCUT2D eigenvalue weighted by Gasteiger charge is 2.14. The lowest BCUT2D eigenvalue weighted by Gasteiger charge is -2.09. The molecule has 0 aliphatic heterocycles. The van der Waals surface area contributed by atoms with Crippen LogP contribution >= 0.6 is 0 Å². The van der Waals surface area contributed by atoms with Gasteiger partial charge in [-0.15, -0.1) is 0 Å². The largest absolute Gasteiger partial charge is 0.322 e. The molecule has 0 aliphatic rings. The molecule has 1 aromatic heterocycles. The van der Waals surface area contributed by atoms with Crippen LogP contribution in [-0.2, 0) is 0 Å². The van der Waals surface area contributed by atoms with Gasteiger partial charge in [-0.3, -0.25) is 14.2 Å². The van der Waals surface area contributed by atoms with E-state index in [4.69, 9.17) is 0 Å². The minimum Gasteiger partial charge on any atom is -0.322 e. The van der Waals surface area contributed by atoms with Gasteiger partial charge in [0.1, 0.15) is 11.6 Å². The Bertz CT molecular complexity index is 1530. The summed E-state index contributed by atoms with van der Waals surface area (Å²) in [7, 11) is 0. The summed E-state index contributed by atoms with van der Waals surface area (Å²) in [6.07, 6.45) is 0. The zero-order valence-electron chi connectivity index (χ0n) is 18.8. The summed E-state index contributed by atoms with van der Waals surface area (Å²) in [6, 6.07) is 27.3. The third kappa shape index (κ3) is 4.65. The van der Waals surface area contributed by atoms with Crippen molar-refractivity contribution in [3.63, 3.8) is 0 Å². The topological polar surface area (TPSA) is 76.0 Å². The molecule has 0 radical (unpaired) electrons. The first-order valence-corrected chi connectivity index (χ1v) is 11.0. The fourth-order valence-electron chi connectivity index (χ4n) is 3.89. The molecule has 0 saturated heterocycles. The first-order chi connectivity index (χ1) is 17.0. The number of benzene rings is 4. The van der Waals surface area contributed by atoms with Crippen LogP contribution in [0.4, 0.5) is 15.8 Å². The molecule has 2 amide bonds. The number of halogens is 1. The average Bonchev–Trinajstić information content (AvgIpc) is 3.20. The minimum absolute atomic E-state index is 0.232. The summed E-state index contributed by atoms with van der Waals surface area (Å²) in [6.45, 7) is 1.86. The SMILES string of the molecule is Cc1nc2ccc(C(=O)Nc3ccc(C(=O)Nc4ccccc4)cc3)cc2n1-c1ccc(F)cc1. The van der Waals surface area contributed by atoms with E-state index in [0.717, 1.165) is 22.5 Å². The molecule has 0 saturated carbocycles. The first kappa shape index (κ1) is 22.0. The molecule has 0 fully saturated rings. The molecular formula is C28H21FN4O2. The Morgan fingerprint density at radius 1 is 0.743 bits per heavy atom. The van der Waals surface area contributed by atoms with E-state index in [-0.39, 0.29) is 17.6 Å². The molecule has 0 spiro atoms. The summed E-state index contributed by atoms with van der Waals surface area (Å²) in [5, 5.41) is 5.69. The highest BCUT2D eigenvalue weighted by atomic mass is 19.1. The van der Waals surface area contributed by atoms with E-state index in [9.17, 15) is 14.0 Å². The quantitative estimate of drug-likeness (QED) is 0.336. The molecule has 0 unspecified atom stereocenters. The lowest BCUT2D eigenvalue weighted by molar-refractivity contribution is 0.102. The number of rotatable bonds is 5. The summed E-state index contributed by atoms with van der Waals surface area (Å²) in [5.41, 5.74) is 4.44. The van der Waals surface area contributed by atoms with Crippen LogP contribution in [0.15, 0.2) is 97.1 Å². The first-order valence-electron chi connectivity index (χ1n) is 11.0. The molecule has 7 heteroatoms. The van der Waals surface area contributed by atoms with Gasteiger partial charge in [0.05, 0.1) is 11.0 Å². The van der Waals surface area contributed by atoms with Crippen LogP contribution in [0.25, 0.3) is 16.7 Å². The van der Waals surface area contributed by atoms with Crippen molar-refractivity contribution in [2.75, 3.05) is 10.6 Å². The number of fused-ring (bicyclic) bond motifs is 1. The number of nitrogens with one attached hydrogen (secondary N) is 2. The van der Waals surface area contributed by atoms with Crippen LogP contribution in [0.1, 0.15) is 26.5 Å². The van der Waals surface area contributed by atoms with E-state index in [2.05, 4.69) is 15.6 Å². The van der Waals surface area contributed by atoms with Gasteiger partial charge in [-0.05, 0) is 85.8 Å². The number of nitrogens with zero attached hydrogens (tertiary/aromatic N) is 2. The van der Waals surface area contributed by atoms with Gasteiger partial charge in [-0.1, -0.05) is 18.2 Å². The number of carbonyl (C=O) groups is 2. The van der Waals surface area contributed by atoms with Gasteiger partial charge in [0, 0.05) is 28.2 Å². The molecule has 4 aromatic carbocycles. The van der Waals surface area contributed by atoms with Gasteiger partial charge in [-0.2, -0.15) is 0 Å². The van der Waals surface area contributed by atoms with Crippen molar-refractivity contribution < 1.29 is 14.0 Å². The standard InChI is InChI=1S/C28H21FN4O2/c1-18-30-25-16-9-20(17-26(25)33(18)24-14-10-21(29)11-15-24)28(35)32-23-12-7-19(8-13-23)27(34)31-22-5-3-2-4-6-22/h2-17H,1H3,(H,31,34)(H,32,35). The summed E-state index contributed by atoms with van der Waals surface area (Å²) in [4.78, 5) is 29.9. The number of carbonyl (C=O) groups excluding carboxylic acids is 2. The molecule has 5 aromatic rings. The molecule has 2 N–H and O–H groups in total. The highest BCUT2D eigenvalue weighted by molar-refractivity contribution is 6.07. The Morgan fingerprint density at radius 2 is 1.34 bits per heavy atom. The van der Waals surface area contributed by atoms with Gasteiger partial charge in [0.15, 0.2) is 0 Å². The van der Waals surface area contributed by atoms with E-state index in [1.165, 1.54) is 12.1 Å². The minimum atomic E-state index is -0.320. The van der Waals surface area contributed by atoms with Crippen LogP contribution in [-0.4, -0.2) is 21.4 Å². The van der Waals surface area contributed by atoms with E-state index in [1.807, 2.05) is 41.8 Å². The third-order valence-electron chi connectivity index (χ3n) is 5.61. The molecule has 35 heavy (non-hydrogen) atoms. The summed E-state index contributed by atoms with van der Waals surface area (Å²) >= 11 is 0. The van der Waals surface area contributed by atoms with E-state index in [1.54, 1.807) is 54.6 Å². The van der Waals surface area contributed by atoms with Crippen molar-refractivity contribution in [3.8, 4) is 5.69 Å². The maximum Gasteiger partial charge on any atom is 0.255 e. The monoisotopic (exact) mass is 464 g/mol. The van der Waals surface area contributed by atoms with Crippen molar-refractivity contribution >= 4 is 34.2 Å². The molecular weight excluding hydrogens is 443 g/mol. The summed E-state index contributed by atoms with van der Waals surface area (Å²) in [5.74, 6) is -0.116. The predicted molar refractivity (Wildman–Crippen MR) is 135 cm³/mol. The van der Waals surface area contributed by atoms with Gasteiger partial charge in [-0.25, -0.2) is 9.37 Å². The molecule has 5 rings (SSSR count). The van der Waals surface area contributed by atoms with E-state index >= 15 is 0 Å². The van der Waals surface area contributed by atoms with Crippen LogP contribution < -0.4 is 10.6 Å². The number of aryl methyl sites for hydroxylation is 1. The fourth-order valence-corrected chi connectivity index (χ4v) is 3.89. The second-order valence-electron chi connectivity index (χ2n) is 8.03. The van der Waals surface area contributed by atoms with Crippen LogP contribution in [0, 0.1) is 12.7 Å². The number of aromatic nitrogens is 2. The zero-order chi connectivity index (χ0) is 24.4. The number of hydrogen-bond donors (Lipinski definition) is 2. The van der Waals surface area contributed by atoms with Gasteiger partial charge >= 0.3 is 0 Å². The predicted octanol–water partition coefficient (Wildman–Crippen LogP) is 5.98. The van der Waals surface area contributed by atoms with Crippen molar-refractivity contribution in [2.45, 2.75) is 6.92 Å². The van der Waals surface area contributed by atoms with Crippen molar-refractivity contribution in [2.24, 2.45) is 0 Å². The Kier molecular flexibility index (Phi) is 5.81. The van der Waals surface area contributed by atoms with Crippen LogP contribution in [0.3, 0.4) is 0 Å². The third-order valence-corrected chi connectivity index (χ3v) is 5.61. The summed E-state index contributed by atoms with van der Waals surface area (Å²) < 4.78 is 15.3. The Labute approximate surface area is 201 Å². The fraction of sp³-hybridized carbons (Fsp3) is 0.0357. The molecule has 0 bridgehead atoms. The Morgan fingerprint density at radius 3 is 2.03 bits per heavy atom.